The maximum Gasteiger partial charge on any atom is 0.258 e. The molecule has 0 spiro atoms. The molecular weight excluding hydrogens is 430 g/mol. The fourth-order valence-corrected chi connectivity index (χ4v) is 5.14. The van der Waals surface area contributed by atoms with Crippen molar-refractivity contribution in [1.29, 1.82) is 0 Å². The van der Waals surface area contributed by atoms with Gasteiger partial charge >= 0.3 is 0 Å². The van der Waals surface area contributed by atoms with Gasteiger partial charge in [-0.05, 0) is 61.9 Å². The fraction of sp³-hybridized carbons (Fsp3) is 0.455. The second-order valence-electron chi connectivity index (χ2n) is 8.26. The Hall–Kier alpha value is -2.85. The predicted octanol–water partition coefficient (Wildman–Crippen LogP) is 2.49. The minimum atomic E-state index is -3.67. The quantitative estimate of drug-likeness (QED) is 0.554. The normalized spacial score (nSPS) is 19.2. The lowest BCUT2D eigenvalue weighted by atomic mass is 9.92. The molecule has 1 saturated heterocycles. The molecule has 1 aromatic carbocycles. The molecule has 3 heterocycles. The number of hydrogen-bond acceptors (Lipinski definition) is 7. The van der Waals surface area contributed by atoms with Crippen molar-refractivity contribution >= 4 is 38.9 Å². The summed E-state index contributed by atoms with van der Waals surface area (Å²) in [5.74, 6) is 0.991. The van der Waals surface area contributed by atoms with Crippen LogP contribution in [0, 0.1) is 5.92 Å². The molecule has 4 N–H and O–H groups in total. The molecule has 1 unspecified atom stereocenters. The highest BCUT2D eigenvalue weighted by Gasteiger charge is 2.25. The highest BCUT2D eigenvalue weighted by molar-refractivity contribution is 7.92. The number of benzene rings is 1. The molecule has 0 radical (unpaired) electrons. The number of carbonyl (C=O) groups is 1. The lowest BCUT2D eigenvalue weighted by molar-refractivity contribution is 0.102. The molecule has 9 nitrogen and oxygen atoms in total. The summed E-state index contributed by atoms with van der Waals surface area (Å²) in [6.07, 6.45) is 4.23. The Kier molecular flexibility index (Phi) is 6.80. The Bertz CT molecular complexity index is 1080. The predicted molar refractivity (Wildman–Crippen MR) is 126 cm³/mol. The Morgan fingerprint density at radius 2 is 1.97 bits per heavy atom. The van der Waals surface area contributed by atoms with Crippen molar-refractivity contribution in [3.8, 4) is 0 Å². The third-order valence-electron chi connectivity index (χ3n) is 5.82. The monoisotopic (exact) mass is 459 g/mol. The molecule has 4 rings (SSSR count). The number of anilines is 4. The van der Waals surface area contributed by atoms with Gasteiger partial charge in [-0.15, -0.1) is 0 Å². The average Bonchev–Trinajstić information content (AvgIpc) is 2.76. The summed E-state index contributed by atoms with van der Waals surface area (Å²) in [6, 6.07) is 10.4. The van der Waals surface area contributed by atoms with Crippen molar-refractivity contribution in [2.45, 2.75) is 25.7 Å². The average molecular weight is 460 g/mol. The van der Waals surface area contributed by atoms with Gasteiger partial charge in [-0.3, -0.25) is 9.52 Å². The van der Waals surface area contributed by atoms with Gasteiger partial charge in [-0.1, -0.05) is 6.07 Å². The van der Waals surface area contributed by atoms with E-state index in [0.717, 1.165) is 51.1 Å². The largest absolute Gasteiger partial charge is 0.395 e. The molecule has 172 valence electrons. The van der Waals surface area contributed by atoms with Crippen LogP contribution in [0.15, 0.2) is 36.4 Å². The smallest absolute Gasteiger partial charge is 0.258 e. The van der Waals surface area contributed by atoms with Crippen LogP contribution in [0.2, 0.25) is 0 Å². The van der Waals surface area contributed by atoms with Crippen LogP contribution >= 0.6 is 0 Å². The first kappa shape index (κ1) is 22.3. The Labute approximate surface area is 188 Å². The molecule has 1 aromatic heterocycles. The molecule has 1 atom stereocenters. The van der Waals surface area contributed by atoms with E-state index in [-0.39, 0.29) is 11.7 Å². The van der Waals surface area contributed by atoms with Gasteiger partial charge in [0.25, 0.3) is 5.91 Å². The molecule has 2 aliphatic heterocycles. The second kappa shape index (κ2) is 9.74. The minimum Gasteiger partial charge on any atom is -0.395 e. The second-order valence-corrected chi connectivity index (χ2v) is 10.1. The molecule has 32 heavy (non-hydrogen) atoms. The number of aliphatic hydroxyl groups is 1. The summed E-state index contributed by atoms with van der Waals surface area (Å²) in [5.41, 5.74) is 1.54. The summed E-state index contributed by atoms with van der Waals surface area (Å²) < 4.78 is 26.8. The van der Waals surface area contributed by atoms with Crippen LogP contribution in [0.3, 0.4) is 0 Å². The summed E-state index contributed by atoms with van der Waals surface area (Å²) >= 11 is 0. The van der Waals surface area contributed by atoms with E-state index >= 15 is 0 Å². The lowest BCUT2D eigenvalue weighted by Crippen LogP contribution is -2.37. The molecule has 0 saturated carbocycles. The number of carbonyl (C=O) groups excluding carboxylic acids is 1. The van der Waals surface area contributed by atoms with Gasteiger partial charge in [-0.25, -0.2) is 13.4 Å². The van der Waals surface area contributed by atoms with Gasteiger partial charge in [0.2, 0.25) is 10.0 Å². The van der Waals surface area contributed by atoms with Crippen molar-refractivity contribution < 1.29 is 18.3 Å². The van der Waals surface area contributed by atoms with E-state index in [9.17, 15) is 13.2 Å². The number of aromatic nitrogens is 1. The minimum absolute atomic E-state index is 0.298. The number of hydrogen-bond donors (Lipinski definition) is 4. The van der Waals surface area contributed by atoms with Crippen LogP contribution in [0.1, 0.15) is 36.0 Å². The van der Waals surface area contributed by atoms with Crippen molar-refractivity contribution in [2.24, 2.45) is 5.92 Å². The van der Waals surface area contributed by atoms with Crippen LogP contribution in [-0.4, -0.2) is 56.4 Å². The molecule has 2 aliphatic rings. The van der Waals surface area contributed by atoms with Gasteiger partial charge in [0.05, 0.1) is 29.3 Å². The van der Waals surface area contributed by atoms with Crippen LogP contribution in [0.4, 0.5) is 23.0 Å². The summed E-state index contributed by atoms with van der Waals surface area (Å²) in [4.78, 5) is 19.8. The van der Waals surface area contributed by atoms with Gasteiger partial charge in [0.1, 0.15) is 11.6 Å². The topological polar surface area (TPSA) is 124 Å². The molecule has 2 aromatic rings. The van der Waals surface area contributed by atoms with Crippen molar-refractivity contribution in [2.75, 3.05) is 52.2 Å². The first-order valence-electron chi connectivity index (χ1n) is 11.0. The standard InChI is InChI=1S/C22H29N5O4S/c28-12-13-32(30,31)26-17-8-9-18-19(14-17)27-11-3-5-16(15-27)4-2-10-23-20-6-1-7-21(24-20)25-22(18)29/h1,6-9,14,16,26,28H,2-5,10-13,15H2,(H2,23,24,25,29). The highest BCUT2D eigenvalue weighted by Crippen LogP contribution is 2.32. The number of rotatable bonds is 4. The third-order valence-corrected chi connectivity index (χ3v) is 7.09. The van der Waals surface area contributed by atoms with E-state index in [0.29, 0.717) is 28.7 Å². The molecule has 10 heteroatoms. The number of nitrogens with one attached hydrogen (secondary N) is 3. The van der Waals surface area contributed by atoms with Crippen LogP contribution in [0.25, 0.3) is 0 Å². The molecule has 1 amide bonds. The number of pyridine rings is 1. The SMILES string of the molecule is O=C1Nc2cccc(n2)NCCCC2CCCN(C2)c2cc(NS(=O)(=O)CCO)ccc21. The van der Waals surface area contributed by atoms with Gasteiger partial charge in [-0.2, -0.15) is 0 Å². The van der Waals surface area contributed by atoms with Crippen molar-refractivity contribution in [1.82, 2.24) is 4.98 Å². The van der Waals surface area contributed by atoms with E-state index in [1.165, 1.54) is 0 Å². The van der Waals surface area contributed by atoms with Gasteiger partial charge in [0, 0.05) is 19.6 Å². The number of piperidine rings is 1. The Morgan fingerprint density at radius 1 is 1.16 bits per heavy atom. The first-order chi connectivity index (χ1) is 15.4. The Morgan fingerprint density at radius 3 is 2.81 bits per heavy atom. The molecular formula is C22H29N5O4S. The lowest BCUT2D eigenvalue weighted by Gasteiger charge is -2.36. The van der Waals surface area contributed by atoms with E-state index in [2.05, 4.69) is 25.2 Å². The zero-order valence-electron chi connectivity index (χ0n) is 17.9. The van der Waals surface area contributed by atoms with E-state index in [1.54, 1.807) is 24.3 Å². The Balaban J connectivity index is 1.71. The summed E-state index contributed by atoms with van der Waals surface area (Å²) in [7, 11) is -3.67. The summed E-state index contributed by atoms with van der Waals surface area (Å²) in [6.45, 7) is 1.97. The van der Waals surface area contributed by atoms with E-state index in [1.807, 2.05) is 12.1 Å². The molecule has 4 bridgehead atoms. The van der Waals surface area contributed by atoms with Gasteiger partial charge in [0.15, 0.2) is 0 Å². The highest BCUT2D eigenvalue weighted by atomic mass is 32.2. The number of aliphatic hydroxyl groups excluding tert-OH is 1. The molecule has 1 fully saturated rings. The van der Waals surface area contributed by atoms with Crippen LogP contribution < -0.4 is 20.3 Å². The first-order valence-corrected chi connectivity index (χ1v) is 12.6. The zero-order chi connectivity index (χ0) is 22.6. The van der Waals surface area contributed by atoms with E-state index < -0.39 is 16.6 Å². The molecule has 0 aliphatic carbocycles. The fourth-order valence-electron chi connectivity index (χ4n) is 4.31. The van der Waals surface area contributed by atoms with Gasteiger partial charge < -0.3 is 20.6 Å². The van der Waals surface area contributed by atoms with Crippen molar-refractivity contribution in [3.63, 3.8) is 0 Å². The van der Waals surface area contributed by atoms with E-state index in [4.69, 9.17) is 5.11 Å². The number of fused-ring (bicyclic) bond motifs is 6. The third kappa shape index (κ3) is 5.49. The number of nitrogens with zero attached hydrogens (tertiary/aromatic N) is 2. The maximum atomic E-state index is 13.2. The number of amides is 1. The zero-order valence-corrected chi connectivity index (χ0v) is 18.7. The van der Waals surface area contributed by atoms with Crippen LogP contribution in [-0.2, 0) is 10.0 Å². The maximum absolute atomic E-state index is 13.2. The van der Waals surface area contributed by atoms with Crippen molar-refractivity contribution in [3.05, 3.63) is 42.0 Å². The van der Waals surface area contributed by atoms with Crippen LogP contribution in [0.5, 0.6) is 0 Å². The summed E-state index contributed by atoms with van der Waals surface area (Å²) in [5, 5.41) is 15.2. The number of sulfonamides is 1.